The van der Waals surface area contributed by atoms with Crippen LogP contribution in [0.5, 0.6) is 5.75 Å². The van der Waals surface area contributed by atoms with Crippen molar-refractivity contribution in [3.8, 4) is 17.0 Å². The topological polar surface area (TPSA) is 83.2 Å². The first kappa shape index (κ1) is 27.3. The predicted molar refractivity (Wildman–Crippen MR) is 146 cm³/mol. The zero-order chi connectivity index (χ0) is 27.9. The van der Waals surface area contributed by atoms with Crippen molar-refractivity contribution < 1.29 is 23.4 Å². The van der Waals surface area contributed by atoms with E-state index in [4.69, 9.17) is 9.72 Å². The van der Waals surface area contributed by atoms with Crippen LogP contribution in [0.1, 0.15) is 69.8 Å². The number of hydrogen-bond acceptors (Lipinski definition) is 5. The Morgan fingerprint density at radius 2 is 1.97 bits per heavy atom. The van der Waals surface area contributed by atoms with E-state index in [-0.39, 0.29) is 31.1 Å². The summed E-state index contributed by atoms with van der Waals surface area (Å²) in [5.41, 5.74) is 3.84. The number of methoxy groups -OCH3 is 1. The summed E-state index contributed by atoms with van der Waals surface area (Å²) < 4.78 is 34.6. The van der Waals surface area contributed by atoms with Crippen LogP contribution in [0.3, 0.4) is 0 Å². The van der Waals surface area contributed by atoms with Gasteiger partial charge in [-0.1, -0.05) is 19.4 Å². The van der Waals surface area contributed by atoms with E-state index in [1.54, 1.807) is 19.4 Å². The van der Waals surface area contributed by atoms with Gasteiger partial charge in [-0.15, -0.1) is 0 Å². The Kier molecular flexibility index (Phi) is 7.50. The normalized spacial score (nSPS) is 21.9. The largest absolute Gasteiger partial charge is 0.495 e. The summed E-state index contributed by atoms with van der Waals surface area (Å²) in [6, 6.07) is 5.55. The highest BCUT2D eigenvalue weighted by molar-refractivity contribution is 5.90. The molecular formula is C29H37F2N5O3. The van der Waals surface area contributed by atoms with E-state index in [1.807, 2.05) is 44.0 Å². The van der Waals surface area contributed by atoms with Gasteiger partial charge in [0.15, 0.2) is 0 Å². The average Bonchev–Trinajstić information content (AvgIpc) is 3.28. The molecule has 1 aromatic carbocycles. The number of alkyl halides is 2. The molecule has 2 fully saturated rings. The Balaban J connectivity index is 1.47. The van der Waals surface area contributed by atoms with Gasteiger partial charge in [-0.2, -0.15) is 0 Å². The molecule has 5 rings (SSSR count). The highest BCUT2D eigenvalue weighted by atomic mass is 19.3. The summed E-state index contributed by atoms with van der Waals surface area (Å²) in [6.45, 7) is 5.63. The molecule has 1 saturated heterocycles. The first-order valence-electron chi connectivity index (χ1n) is 13.8. The summed E-state index contributed by atoms with van der Waals surface area (Å²) in [7, 11) is 1.54. The number of carbonyl (C=O) groups is 1. The molecular weight excluding hydrogens is 504 g/mol. The molecule has 1 saturated carbocycles. The standard InChI is InChI=1S/C29H37F2N5O3/c1-5-6-18(2)36(28(37)38)23-12-9-21(15-24(23)39-4)25-26-19(3)32-13-14-35(26)27(33-25)20-7-10-22(11-8-20)34-16-29(30,31)17-34/h9,12-15,18,20,22H,5-8,10-11,16-17H2,1-4H3,(H,37,38). The van der Waals surface area contributed by atoms with Crippen LogP contribution in [0, 0.1) is 6.92 Å². The van der Waals surface area contributed by atoms with Gasteiger partial charge in [-0.25, -0.2) is 18.6 Å². The number of benzene rings is 1. The lowest BCUT2D eigenvalue weighted by Gasteiger charge is -2.46. The Labute approximate surface area is 227 Å². The van der Waals surface area contributed by atoms with Crippen LogP contribution in [-0.2, 0) is 0 Å². The monoisotopic (exact) mass is 541 g/mol. The smallest absolute Gasteiger partial charge is 0.412 e. The fourth-order valence-electron chi connectivity index (χ4n) is 6.31. The number of nitrogens with zero attached hydrogens (tertiary/aromatic N) is 5. The number of rotatable bonds is 8. The summed E-state index contributed by atoms with van der Waals surface area (Å²) in [5, 5.41) is 9.96. The SMILES string of the molecule is CCCC(C)N(C(=O)O)c1ccc(-c2nc(C3CCC(N4CC(F)(F)C4)CC3)n3ccnc(C)c23)cc1OC. The fourth-order valence-corrected chi connectivity index (χ4v) is 6.31. The number of imidazole rings is 1. The van der Waals surface area contributed by atoms with E-state index in [1.165, 1.54) is 4.90 Å². The fraction of sp³-hybridized carbons (Fsp3) is 0.552. The number of amides is 1. The zero-order valence-electron chi connectivity index (χ0n) is 23.0. The molecule has 0 bridgehead atoms. The number of hydrogen-bond donors (Lipinski definition) is 1. The van der Waals surface area contributed by atoms with Gasteiger partial charge in [0, 0.05) is 36.0 Å². The van der Waals surface area contributed by atoms with Gasteiger partial charge in [0.05, 0.1) is 42.8 Å². The maximum absolute atomic E-state index is 13.4. The molecule has 1 aliphatic heterocycles. The van der Waals surface area contributed by atoms with E-state index >= 15 is 0 Å². The second-order valence-corrected chi connectivity index (χ2v) is 11.0. The van der Waals surface area contributed by atoms with Crippen molar-refractivity contribution in [3.63, 3.8) is 0 Å². The van der Waals surface area contributed by atoms with Crippen molar-refractivity contribution in [2.24, 2.45) is 0 Å². The molecule has 39 heavy (non-hydrogen) atoms. The third-order valence-corrected chi connectivity index (χ3v) is 8.28. The molecule has 1 unspecified atom stereocenters. The van der Waals surface area contributed by atoms with E-state index in [9.17, 15) is 18.7 Å². The van der Waals surface area contributed by atoms with E-state index in [0.29, 0.717) is 11.4 Å². The molecule has 0 spiro atoms. The van der Waals surface area contributed by atoms with Crippen molar-refractivity contribution in [3.05, 3.63) is 42.1 Å². The molecule has 1 N–H and O–H groups in total. The van der Waals surface area contributed by atoms with E-state index < -0.39 is 12.0 Å². The number of carboxylic acid groups (broad SMARTS) is 1. The molecule has 10 heteroatoms. The minimum atomic E-state index is -2.54. The van der Waals surface area contributed by atoms with Crippen LogP contribution >= 0.6 is 0 Å². The molecule has 210 valence electrons. The van der Waals surface area contributed by atoms with E-state index in [0.717, 1.165) is 66.8 Å². The van der Waals surface area contributed by atoms with Crippen LogP contribution in [-0.4, -0.2) is 68.7 Å². The number of fused-ring (bicyclic) bond motifs is 1. The van der Waals surface area contributed by atoms with Crippen molar-refractivity contribution >= 4 is 17.3 Å². The van der Waals surface area contributed by atoms with Gasteiger partial charge in [0.2, 0.25) is 0 Å². The van der Waals surface area contributed by atoms with Crippen LogP contribution in [0.4, 0.5) is 19.3 Å². The Morgan fingerprint density at radius 1 is 1.26 bits per heavy atom. The summed E-state index contributed by atoms with van der Waals surface area (Å²) in [5.74, 6) is -0.912. The number of aromatic nitrogens is 3. The maximum atomic E-state index is 13.4. The molecule has 1 aliphatic carbocycles. The zero-order valence-corrected chi connectivity index (χ0v) is 23.0. The lowest BCUT2D eigenvalue weighted by Crippen LogP contribution is -2.60. The first-order chi connectivity index (χ1) is 18.6. The molecule has 3 heterocycles. The average molecular weight is 542 g/mol. The Bertz CT molecular complexity index is 1340. The van der Waals surface area contributed by atoms with Gasteiger partial charge in [-0.05, 0) is 58.1 Å². The number of likely N-dealkylation sites (tertiary alicyclic amines) is 1. The van der Waals surface area contributed by atoms with Crippen molar-refractivity contribution in [2.75, 3.05) is 25.1 Å². The van der Waals surface area contributed by atoms with Crippen molar-refractivity contribution in [2.45, 2.75) is 83.2 Å². The highest BCUT2D eigenvalue weighted by Crippen LogP contribution is 2.41. The van der Waals surface area contributed by atoms with Gasteiger partial charge in [0.1, 0.15) is 11.6 Å². The number of aryl methyl sites for hydroxylation is 1. The molecule has 0 radical (unpaired) electrons. The lowest BCUT2D eigenvalue weighted by molar-refractivity contribution is -0.150. The van der Waals surface area contributed by atoms with Gasteiger partial charge >= 0.3 is 6.09 Å². The Hall–Kier alpha value is -3.27. The molecule has 2 aliphatic rings. The molecule has 1 atom stereocenters. The van der Waals surface area contributed by atoms with Gasteiger partial charge in [-0.3, -0.25) is 19.2 Å². The third kappa shape index (κ3) is 5.18. The van der Waals surface area contributed by atoms with Crippen LogP contribution < -0.4 is 9.64 Å². The van der Waals surface area contributed by atoms with Crippen LogP contribution in [0.25, 0.3) is 16.8 Å². The minimum absolute atomic E-state index is 0.127. The van der Waals surface area contributed by atoms with Crippen LogP contribution in [0.2, 0.25) is 0 Å². The third-order valence-electron chi connectivity index (χ3n) is 8.28. The number of ether oxygens (including phenoxy) is 1. The highest BCUT2D eigenvalue weighted by Gasteiger charge is 2.47. The van der Waals surface area contributed by atoms with E-state index in [2.05, 4.69) is 9.38 Å². The first-order valence-corrected chi connectivity index (χ1v) is 13.8. The lowest BCUT2D eigenvalue weighted by atomic mass is 9.83. The second-order valence-electron chi connectivity index (χ2n) is 11.0. The van der Waals surface area contributed by atoms with Crippen LogP contribution in [0.15, 0.2) is 30.6 Å². The molecule has 8 nitrogen and oxygen atoms in total. The second kappa shape index (κ2) is 10.7. The predicted octanol–water partition coefficient (Wildman–Crippen LogP) is 6.36. The quantitative estimate of drug-likeness (QED) is 0.357. The minimum Gasteiger partial charge on any atom is -0.495 e. The molecule has 1 amide bonds. The summed E-state index contributed by atoms with van der Waals surface area (Å²) in [4.78, 5) is 25.1. The number of halogens is 2. The Morgan fingerprint density at radius 3 is 2.59 bits per heavy atom. The summed E-state index contributed by atoms with van der Waals surface area (Å²) >= 11 is 0. The van der Waals surface area contributed by atoms with Gasteiger partial charge in [0.25, 0.3) is 5.92 Å². The van der Waals surface area contributed by atoms with Crippen molar-refractivity contribution in [1.82, 2.24) is 19.3 Å². The molecule has 3 aromatic rings. The van der Waals surface area contributed by atoms with Crippen molar-refractivity contribution in [1.29, 1.82) is 0 Å². The number of anilines is 1. The van der Waals surface area contributed by atoms with Gasteiger partial charge < -0.3 is 9.84 Å². The maximum Gasteiger partial charge on any atom is 0.412 e. The summed E-state index contributed by atoms with van der Waals surface area (Å²) in [6.07, 6.45) is 7.81. The molecule has 2 aromatic heterocycles.